The number of aromatic hydroxyl groups is 1. The van der Waals surface area contributed by atoms with Gasteiger partial charge in [0.25, 0.3) is 0 Å². The number of halogens is 2. The minimum Gasteiger partial charge on any atom is -0.507 e. The van der Waals surface area contributed by atoms with Gasteiger partial charge in [-0.25, -0.2) is 4.79 Å². The summed E-state index contributed by atoms with van der Waals surface area (Å²) in [6.07, 6.45) is 0. The van der Waals surface area contributed by atoms with E-state index >= 15 is 0 Å². The molecule has 2 rings (SSSR count). The monoisotopic (exact) mass is 369 g/mol. The molecule has 21 heavy (non-hydrogen) atoms. The van der Waals surface area contributed by atoms with Crippen LogP contribution in [-0.4, -0.2) is 18.2 Å². The molecule has 2 N–H and O–H groups in total. The lowest BCUT2D eigenvalue weighted by Gasteiger charge is -2.12. The summed E-state index contributed by atoms with van der Waals surface area (Å²) in [7, 11) is 1.33. The smallest absolute Gasteiger partial charge is 0.339 e. The quantitative estimate of drug-likeness (QED) is 0.792. The van der Waals surface area contributed by atoms with E-state index in [1.54, 1.807) is 36.4 Å². The predicted molar refractivity (Wildman–Crippen MR) is 85.9 cm³/mol. The van der Waals surface area contributed by atoms with Gasteiger partial charge in [-0.2, -0.15) is 0 Å². The number of ether oxygens (including phenoxy) is 1. The second-order valence-electron chi connectivity index (χ2n) is 4.32. The van der Waals surface area contributed by atoms with E-state index in [1.165, 1.54) is 7.11 Å². The molecule has 0 atom stereocenters. The molecule has 4 nitrogen and oxygen atoms in total. The van der Waals surface area contributed by atoms with Gasteiger partial charge >= 0.3 is 5.97 Å². The van der Waals surface area contributed by atoms with Gasteiger partial charge in [-0.15, -0.1) is 0 Å². The van der Waals surface area contributed by atoms with Crippen molar-refractivity contribution >= 4 is 39.2 Å². The van der Waals surface area contributed by atoms with Crippen molar-refractivity contribution in [3.63, 3.8) is 0 Å². The van der Waals surface area contributed by atoms with Crippen molar-refractivity contribution in [3.8, 4) is 5.75 Å². The lowest BCUT2D eigenvalue weighted by atomic mass is 10.1. The van der Waals surface area contributed by atoms with Gasteiger partial charge in [0.15, 0.2) is 0 Å². The SMILES string of the molecule is COC(=O)c1ccc(Cl)cc1NCc1ccc(O)c(Br)c1. The Hall–Kier alpha value is -1.72. The number of nitrogens with one attached hydrogen (secondary N) is 1. The fraction of sp³-hybridized carbons (Fsp3) is 0.133. The molecule has 0 amide bonds. The molecule has 0 bridgehead atoms. The molecular formula is C15H13BrClNO3. The first kappa shape index (κ1) is 15.7. The predicted octanol–water partition coefficient (Wildman–Crippen LogP) is 4.21. The van der Waals surface area contributed by atoms with E-state index in [4.69, 9.17) is 16.3 Å². The summed E-state index contributed by atoms with van der Waals surface area (Å²) in [6.45, 7) is 0.475. The van der Waals surface area contributed by atoms with Crippen molar-refractivity contribution < 1.29 is 14.6 Å². The highest BCUT2D eigenvalue weighted by Crippen LogP contribution is 2.26. The number of phenolic OH excluding ortho intramolecular Hbond substituents is 1. The first-order valence-corrected chi connectivity index (χ1v) is 7.27. The van der Waals surface area contributed by atoms with Gasteiger partial charge in [-0.3, -0.25) is 0 Å². The van der Waals surface area contributed by atoms with E-state index in [0.29, 0.717) is 27.3 Å². The Morgan fingerprint density at radius 2 is 2.10 bits per heavy atom. The molecular weight excluding hydrogens is 358 g/mol. The van der Waals surface area contributed by atoms with Crippen molar-refractivity contribution in [2.45, 2.75) is 6.54 Å². The minimum absolute atomic E-state index is 0.178. The zero-order chi connectivity index (χ0) is 15.4. The zero-order valence-electron chi connectivity index (χ0n) is 11.2. The van der Waals surface area contributed by atoms with E-state index in [2.05, 4.69) is 21.2 Å². The van der Waals surface area contributed by atoms with Crippen molar-refractivity contribution in [3.05, 3.63) is 57.0 Å². The highest BCUT2D eigenvalue weighted by molar-refractivity contribution is 9.10. The molecule has 0 radical (unpaired) electrons. The Balaban J connectivity index is 2.20. The maximum atomic E-state index is 11.7. The van der Waals surface area contributed by atoms with Crippen LogP contribution >= 0.6 is 27.5 Å². The molecule has 0 saturated carbocycles. The van der Waals surface area contributed by atoms with E-state index < -0.39 is 5.97 Å². The van der Waals surface area contributed by atoms with Crippen LogP contribution in [0.5, 0.6) is 5.75 Å². The zero-order valence-corrected chi connectivity index (χ0v) is 13.5. The molecule has 0 heterocycles. The second kappa shape index (κ2) is 6.83. The minimum atomic E-state index is -0.430. The van der Waals surface area contributed by atoms with Gasteiger partial charge in [0.2, 0.25) is 0 Å². The fourth-order valence-electron chi connectivity index (χ4n) is 1.81. The number of phenols is 1. The summed E-state index contributed by atoms with van der Waals surface area (Å²) in [5, 5.41) is 13.1. The Bertz CT molecular complexity index is 676. The van der Waals surface area contributed by atoms with Crippen molar-refractivity contribution in [2.24, 2.45) is 0 Å². The van der Waals surface area contributed by atoms with Crippen LogP contribution < -0.4 is 5.32 Å². The number of carbonyl (C=O) groups excluding carboxylic acids is 1. The van der Waals surface area contributed by atoms with Gasteiger partial charge in [-0.1, -0.05) is 17.7 Å². The molecule has 0 saturated heterocycles. The van der Waals surface area contributed by atoms with Crippen LogP contribution in [0.25, 0.3) is 0 Å². The molecule has 0 aromatic heterocycles. The molecule has 0 aliphatic carbocycles. The second-order valence-corrected chi connectivity index (χ2v) is 5.61. The summed E-state index contributed by atoms with van der Waals surface area (Å²) < 4.78 is 5.35. The number of rotatable bonds is 4. The summed E-state index contributed by atoms with van der Waals surface area (Å²) in [5.41, 5.74) is 1.95. The van der Waals surface area contributed by atoms with Crippen molar-refractivity contribution in [1.82, 2.24) is 0 Å². The molecule has 0 aliphatic heterocycles. The number of hydrogen-bond donors (Lipinski definition) is 2. The number of methoxy groups -OCH3 is 1. The molecule has 110 valence electrons. The van der Waals surface area contributed by atoms with E-state index in [1.807, 2.05) is 0 Å². The maximum absolute atomic E-state index is 11.7. The average Bonchev–Trinajstić information content (AvgIpc) is 2.48. The molecule has 0 fully saturated rings. The lowest BCUT2D eigenvalue weighted by molar-refractivity contribution is 0.0602. The van der Waals surface area contributed by atoms with Gasteiger partial charge in [0, 0.05) is 11.6 Å². The Kier molecular flexibility index (Phi) is 5.09. The molecule has 2 aromatic carbocycles. The highest BCUT2D eigenvalue weighted by atomic mass is 79.9. The number of esters is 1. The molecule has 0 spiro atoms. The topological polar surface area (TPSA) is 58.6 Å². The third kappa shape index (κ3) is 3.89. The van der Waals surface area contributed by atoms with Crippen LogP contribution in [-0.2, 0) is 11.3 Å². The maximum Gasteiger partial charge on any atom is 0.339 e. The molecule has 6 heteroatoms. The Labute approximate surface area is 135 Å². The first-order chi connectivity index (χ1) is 10.0. The number of benzene rings is 2. The van der Waals surface area contributed by atoms with Crippen LogP contribution in [0.1, 0.15) is 15.9 Å². The van der Waals surface area contributed by atoms with Gasteiger partial charge in [0.05, 0.1) is 22.8 Å². The summed E-state index contributed by atoms with van der Waals surface area (Å²) in [6, 6.07) is 10.1. The fourth-order valence-corrected chi connectivity index (χ4v) is 2.41. The summed E-state index contributed by atoms with van der Waals surface area (Å²) in [5.74, 6) is -0.252. The van der Waals surface area contributed by atoms with E-state index in [0.717, 1.165) is 5.56 Å². The van der Waals surface area contributed by atoms with Gasteiger partial charge < -0.3 is 15.2 Å². The number of carbonyl (C=O) groups is 1. The van der Waals surface area contributed by atoms with Crippen molar-refractivity contribution in [2.75, 3.05) is 12.4 Å². The van der Waals surface area contributed by atoms with Crippen LogP contribution in [0.4, 0.5) is 5.69 Å². The lowest BCUT2D eigenvalue weighted by Crippen LogP contribution is -2.08. The van der Waals surface area contributed by atoms with Crippen LogP contribution in [0.3, 0.4) is 0 Å². The molecule has 0 unspecified atom stereocenters. The first-order valence-electron chi connectivity index (χ1n) is 6.10. The Morgan fingerprint density at radius 3 is 2.76 bits per heavy atom. The van der Waals surface area contributed by atoms with Crippen LogP contribution in [0.2, 0.25) is 5.02 Å². The third-order valence-electron chi connectivity index (χ3n) is 2.88. The summed E-state index contributed by atoms with van der Waals surface area (Å²) in [4.78, 5) is 11.7. The van der Waals surface area contributed by atoms with Crippen LogP contribution in [0.15, 0.2) is 40.9 Å². The van der Waals surface area contributed by atoms with E-state index in [-0.39, 0.29) is 5.75 Å². The highest BCUT2D eigenvalue weighted by Gasteiger charge is 2.12. The molecule has 2 aromatic rings. The third-order valence-corrected chi connectivity index (χ3v) is 3.75. The average molecular weight is 371 g/mol. The van der Waals surface area contributed by atoms with E-state index in [9.17, 15) is 9.90 Å². The number of hydrogen-bond acceptors (Lipinski definition) is 4. The standard InChI is InChI=1S/C15H13BrClNO3/c1-21-15(20)11-4-3-10(17)7-13(11)18-8-9-2-5-14(19)12(16)6-9/h2-7,18-19H,8H2,1H3. The van der Waals surface area contributed by atoms with Gasteiger partial charge in [0.1, 0.15) is 5.75 Å². The Morgan fingerprint density at radius 1 is 1.33 bits per heavy atom. The normalized spacial score (nSPS) is 10.2. The van der Waals surface area contributed by atoms with Crippen molar-refractivity contribution in [1.29, 1.82) is 0 Å². The van der Waals surface area contributed by atoms with Gasteiger partial charge in [-0.05, 0) is 51.8 Å². The number of anilines is 1. The van der Waals surface area contributed by atoms with Crippen LogP contribution in [0, 0.1) is 0 Å². The summed E-state index contributed by atoms with van der Waals surface area (Å²) >= 11 is 9.22. The molecule has 0 aliphatic rings. The largest absolute Gasteiger partial charge is 0.507 e.